The van der Waals surface area contributed by atoms with E-state index >= 15 is 0 Å². The van der Waals surface area contributed by atoms with Gasteiger partial charge in [0.25, 0.3) is 0 Å². The highest BCUT2D eigenvalue weighted by Gasteiger charge is 2.37. The zero-order valence-corrected chi connectivity index (χ0v) is 11.9. The summed E-state index contributed by atoms with van der Waals surface area (Å²) in [5.74, 6) is 0.293. The van der Waals surface area contributed by atoms with Gasteiger partial charge in [-0.15, -0.1) is 0 Å². The topological polar surface area (TPSA) is 52.8 Å². The number of hydrogen-bond acceptors (Lipinski definition) is 4. The van der Waals surface area contributed by atoms with Gasteiger partial charge in [-0.1, -0.05) is 0 Å². The lowest BCUT2D eigenvalue weighted by atomic mass is 10.0. The lowest BCUT2D eigenvalue weighted by molar-refractivity contribution is -0.131. The smallest absolute Gasteiger partial charge is 0.239 e. The maximum absolute atomic E-state index is 12.0. The number of amides is 1. The van der Waals surface area contributed by atoms with E-state index in [4.69, 9.17) is 5.73 Å². The molecule has 1 amide bonds. The number of hydrogen-bond donors (Lipinski definition) is 1. The van der Waals surface area contributed by atoms with Crippen molar-refractivity contribution in [2.45, 2.75) is 31.8 Å². The summed E-state index contributed by atoms with van der Waals surface area (Å²) in [5, 5.41) is 0. The molecule has 0 radical (unpaired) electrons. The number of rotatable bonds is 3. The van der Waals surface area contributed by atoms with E-state index in [1.807, 2.05) is 11.9 Å². The quantitative estimate of drug-likeness (QED) is 0.743. The minimum absolute atomic E-state index is 0.0720. The van der Waals surface area contributed by atoms with Gasteiger partial charge in [-0.3, -0.25) is 14.6 Å². The molecule has 0 aromatic rings. The lowest BCUT2D eigenvalue weighted by Gasteiger charge is -2.44. The number of piperazine rings is 1. The third-order valence-electron chi connectivity index (χ3n) is 4.51. The minimum atomic E-state index is 0.0720. The van der Waals surface area contributed by atoms with Gasteiger partial charge < -0.3 is 10.6 Å². The van der Waals surface area contributed by atoms with Gasteiger partial charge in [-0.05, 0) is 20.3 Å². The Morgan fingerprint density at radius 2 is 1.83 bits per heavy atom. The van der Waals surface area contributed by atoms with Gasteiger partial charge >= 0.3 is 0 Å². The fourth-order valence-corrected chi connectivity index (χ4v) is 2.91. The van der Waals surface area contributed by atoms with E-state index in [0.717, 1.165) is 39.1 Å². The first-order valence-corrected chi connectivity index (χ1v) is 6.90. The Bertz CT molecular complexity index is 310. The summed E-state index contributed by atoms with van der Waals surface area (Å²) < 4.78 is 0. The van der Waals surface area contributed by atoms with Crippen LogP contribution in [0.5, 0.6) is 0 Å². The highest BCUT2D eigenvalue weighted by Crippen LogP contribution is 2.21. The Kier molecular flexibility index (Phi) is 3.94. The van der Waals surface area contributed by atoms with Gasteiger partial charge in [-0.25, -0.2) is 0 Å². The lowest BCUT2D eigenvalue weighted by Crippen LogP contribution is -2.59. The first kappa shape index (κ1) is 13.8. The van der Waals surface area contributed by atoms with Crippen molar-refractivity contribution in [3.8, 4) is 0 Å². The van der Waals surface area contributed by atoms with Gasteiger partial charge in [0.15, 0.2) is 0 Å². The SMILES string of the molecule is CN1CCC(N2CCN(C(C)(C)CN)CC2)C1=O. The van der Waals surface area contributed by atoms with E-state index in [0.29, 0.717) is 12.5 Å². The second-order valence-electron chi connectivity index (χ2n) is 6.10. The van der Waals surface area contributed by atoms with Gasteiger partial charge in [0.05, 0.1) is 6.04 Å². The summed E-state index contributed by atoms with van der Waals surface area (Å²) in [5.41, 5.74) is 5.89. The van der Waals surface area contributed by atoms with Crippen LogP contribution in [0.3, 0.4) is 0 Å². The van der Waals surface area contributed by atoms with E-state index in [2.05, 4.69) is 23.6 Å². The van der Waals surface area contributed by atoms with Gasteiger partial charge in [-0.2, -0.15) is 0 Å². The van der Waals surface area contributed by atoms with Crippen LogP contribution in [0, 0.1) is 0 Å². The highest BCUT2D eigenvalue weighted by molar-refractivity contribution is 5.83. The predicted molar refractivity (Wildman–Crippen MR) is 72.3 cm³/mol. The molecule has 2 saturated heterocycles. The number of likely N-dealkylation sites (N-methyl/N-ethyl adjacent to an activating group) is 1. The van der Waals surface area contributed by atoms with Crippen molar-refractivity contribution < 1.29 is 4.79 Å². The molecule has 2 heterocycles. The van der Waals surface area contributed by atoms with Crippen LogP contribution < -0.4 is 5.73 Å². The summed E-state index contributed by atoms with van der Waals surface area (Å²) in [6.07, 6.45) is 0.982. The highest BCUT2D eigenvalue weighted by atomic mass is 16.2. The van der Waals surface area contributed by atoms with Crippen molar-refractivity contribution in [2.75, 3.05) is 46.3 Å². The molecule has 0 aliphatic carbocycles. The Labute approximate surface area is 110 Å². The summed E-state index contributed by atoms with van der Waals surface area (Å²) in [7, 11) is 1.90. The molecule has 1 unspecified atom stereocenters. The molecule has 2 aliphatic rings. The molecule has 0 aromatic carbocycles. The summed E-state index contributed by atoms with van der Waals surface area (Å²) >= 11 is 0. The number of nitrogens with two attached hydrogens (primary N) is 1. The van der Waals surface area contributed by atoms with Gasteiger partial charge in [0.1, 0.15) is 0 Å². The molecule has 0 spiro atoms. The average molecular weight is 254 g/mol. The van der Waals surface area contributed by atoms with Crippen LogP contribution in [0.2, 0.25) is 0 Å². The first-order valence-electron chi connectivity index (χ1n) is 6.90. The van der Waals surface area contributed by atoms with Crippen LogP contribution in [-0.2, 0) is 4.79 Å². The number of nitrogens with zero attached hydrogens (tertiary/aromatic N) is 3. The van der Waals surface area contributed by atoms with Crippen LogP contribution in [-0.4, -0.2) is 78.5 Å². The minimum Gasteiger partial charge on any atom is -0.344 e. The number of likely N-dealkylation sites (tertiary alicyclic amines) is 1. The molecule has 0 saturated carbocycles. The third kappa shape index (κ3) is 2.53. The van der Waals surface area contributed by atoms with Crippen LogP contribution in [0.1, 0.15) is 20.3 Å². The summed E-state index contributed by atoms with van der Waals surface area (Å²) in [6.45, 7) is 9.95. The van der Waals surface area contributed by atoms with E-state index in [9.17, 15) is 4.79 Å². The molecule has 1 atom stereocenters. The molecule has 0 aromatic heterocycles. The zero-order valence-electron chi connectivity index (χ0n) is 11.9. The molecule has 5 heteroatoms. The standard InChI is InChI=1S/C13H26N4O/c1-13(2,10-14)17-8-6-16(7-9-17)11-4-5-15(3)12(11)18/h11H,4-10,14H2,1-3H3. The second-order valence-corrected chi connectivity index (χ2v) is 6.10. The first-order chi connectivity index (χ1) is 8.45. The van der Waals surface area contributed by atoms with E-state index < -0.39 is 0 Å². The Morgan fingerprint density at radius 1 is 1.22 bits per heavy atom. The molecule has 2 rings (SSSR count). The van der Waals surface area contributed by atoms with Crippen molar-refractivity contribution in [1.29, 1.82) is 0 Å². The molecule has 2 fully saturated rings. The van der Waals surface area contributed by atoms with Crippen LogP contribution in [0.25, 0.3) is 0 Å². The fourth-order valence-electron chi connectivity index (χ4n) is 2.91. The molecule has 18 heavy (non-hydrogen) atoms. The Balaban J connectivity index is 1.89. The Hall–Kier alpha value is -0.650. The van der Waals surface area contributed by atoms with Crippen molar-refractivity contribution in [3.05, 3.63) is 0 Å². The van der Waals surface area contributed by atoms with Crippen molar-refractivity contribution in [2.24, 2.45) is 5.73 Å². The predicted octanol–water partition coefficient (Wildman–Crippen LogP) is -0.428. The molecule has 5 nitrogen and oxygen atoms in total. The zero-order chi connectivity index (χ0) is 13.3. The van der Waals surface area contributed by atoms with Gasteiger partial charge in [0, 0.05) is 51.9 Å². The molecule has 0 bridgehead atoms. The van der Waals surface area contributed by atoms with E-state index in [-0.39, 0.29) is 11.6 Å². The molecular formula is C13H26N4O. The Morgan fingerprint density at radius 3 is 2.28 bits per heavy atom. The molecule has 2 aliphatic heterocycles. The molecule has 2 N–H and O–H groups in total. The van der Waals surface area contributed by atoms with Crippen molar-refractivity contribution >= 4 is 5.91 Å². The third-order valence-corrected chi connectivity index (χ3v) is 4.51. The largest absolute Gasteiger partial charge is 0.344 e. The van der Waals surface area contributed by atoms with Crippen molar-refractivity contribution in [3.63, 3.8) is 0 Å². The average Bonchev–Trinajstić information content (AvgIpc) is 2.70. The second kappa shape index (κ2) is 5.15. The van der Waals surface area contributed by atoms with Crippen LogP contribution in [0.15, 0.2) is 0 Å². The molecule has 104 valence electrons. The van der Waals surface area contributed by atoms with E-state index in [1.165, 1.54) is 0 Å². The van der Waals surface area contributed by atoms with Crippen LogP contribution in [0.4, 0.5) is 0 Å². The maximum atomic E-state index is 12.0. The summed E-state index contributed by atoms with van der Waals surface area (Å²) in [6, 6.07) is 0.123. The fraction of sp³-hybridized carbons (Fsp3) is 0.923. The van der Waals surface area contributed by atoms with Gasteiger partial charge in [0.2, 0.25) is 5.91 Å². The van der Waals surface area contributed by atoms with Crippen LogP contribution >= 0.6 is 0 Å². The normalized spacial score (nSPS) is 28.1. The van der Waals surface area contributed by atoms with Crippen molar-refractivity contribution in [1.82, 2.24) is 14.7 Å². The van der Waals surface area contributed by atoms with E-state index in [1.54, 1.807) is 0 Å². The number of carbonyl (C=O) groups excluding carboxylic acids is 1. The number of carbonyl (C=O) groups is 1. The summed E-state index contributed by atoms with van der Waals surface area (Å²) in [4.78, 5) is 18.6. The molecular weight excluding hydrogens is 228 g/mol. The maximum Gasteiger partial charge on any atom is 0.239 e. The monoisotopic (exact) mass is 254 g/mol.